The second-order valence-electron chi connectivity index (χ2n) is 6.08. The molecule has 7 nitrogen and oxygen atoms in total. The first-order valence-corrected chi connectivity index (χ1v) is 10.1. The Morgan fingerprint density at radius 3 is 2.46 bits per heavy atom. The monoisotopic (exact) mass is 405 g/mol. The molecule has 148 valence electrons. The molecule has 1 aliphatic rings. The van der Waals surface area contributed by atoms with Gasteiger partial charge in [-0.05, 0) is 44.0 Å². The smallest absolute Gasteiger partial charge is 0.251 e. The number of rotatable bonds is 7. The minimum atomic E-state index is -3.70. The molecular formula is C17H28ClN3O4S. The van der Waals surface area contributed by atoms with Gasteiger partial charge in [-0.25, -0.2) is 8.42 Å². The van der Waals surface area contributed by atoms with Gasteiger partial charge in [0.25, 0.3) is 5.91 Å². The Balaban J connectivity index is 0.00000338. The molecule has 1 saturated heterocycles. The number of sulfonamides is 1. The van der Waals surface area contributed by atoms with Gasteiger partial charge in [-0.3, -0.25) is 4.79 Å². The van der Waals surface area contributed by atoms with Gasteiger partial charge in [0.15, 0.2) is 0 Å². The van der Waals surface area contributed by atoms with Gasteiger partial charge < -0.3 is 15.8 Å². The van der Waals surface area contributed by atoms with Crippen molar-refractivity contribution in [2.45, 2.75) is 37.0 Å². The van der Waals surface area contributed by atoms with E-state index in [-0.39, 0.29) is 29.0 Å². The summed E-state index contributed by atoms with van der Waals surface area (Å²) in [4.78, 5) is 12.3. The van der Waals surface area contributed by atoms with E-state index < -0.39 is 10.0 Å². The van der Waals surface area contributed by atoms with Crippen molar-refractivity contribution in [1.82, 2.24) is 9.62 Å². The molecule has 0 aromatic heterocycles. The van der Waals surface area contributed by atoms with Crippen molar-refractivity contribution in [2.75, 3.05) is 33.3 Å². The third kappa shape index (κ3) is 5.57. The number of carbonyl (C=O) groups is 1. The number of halogens is 1. The molecule has 9 heteroatoms. The van der Waals surface area contributed by atoms with Crippen molar-refractivity contribution in [2.24, 2.45) is 5.73 Å². The zero-order valence-corrected chi connectivity index (χ0v) is 16.7. The maximum Gasteiger partial charge on any atom is 0.251 e. The lowest BCUT2D eigenvalue weighted by molar-refractivity contribution is 0.0953. The predicted octanol–water partition coefficient (Wildman–Crippen LogP) is 1.76. The van der Waals surface area contributed by atoms with Gasteiger partial charge >= 0.3 is 0 Å². The number of hydrogen-bond donors (Lipinski definition) is 2. The van der Waals surface area contributed by atoms with E-state index in [1.54, 1.807) is 6.07 Å². The summed E-state index contributed by atoms with van der Waals surface area (Å²) in [6.45, 7) is 1.93. The summed E-state index contributed by atoms with van der Waals surface area (Å²) >= 11 is 0. The van der Waals surface area contributed by atoms with Crippen LogP contribution < -0.4 is 15.8 Å². The van der Waals surface area contributed by atoms with E-state index >= 15 is 0 Å². The van der Waals surface area contributed by atoms with Gasteiger partial charge in [0.2, 0.25) is 10.0 Å². The molecule has 0 atom stereocenters. The number of nitrogens with one attached hydrogen (secondary N) is 1. The van der Waals surface area contributed by atoms with Crippen LogP contribution >= 0.6 is 12.4 Å². The van der Waals surface area contributed by atoms with Crippen LogP contribution in [0.25, 0.3) is 0 Å². The number of methoxy groups -OCH3 is 1. The number of benzene rings is 1. The molecule has 1 fully saturated rings. The van der Waals surface area contributed by atoms with Crippen LogP contribution in [0.1, 0.15) is 42.5 Å². The summed E-state index contributed by atoms with van der Waals surface area (Å²) in [6, 6.07) is 4.50. The molecule has 0 unspecified atom stereocenters. The van der Waals surface area contributed by atoms with Crippen molar-refractivity contribution >= 4 is 28.3 Å². The fraction of sp³-hybridized carbons (Fsp3) is 0.588. The summed E-state index contributed by atoms with van der Waals surface area (Å²) in [6.07, 6.45) is 4.43. The van der Waals surface area contributed by atoms with Crippen LogP contribution in [0, 0.1) is 0 Å². The van der Waals surface area contributed by atoms with Gasteiger partial charge in [0, 0.05) is 25.2 Å². The second-order valence-corrected chi connectivity index (χ2v) is 7.99. The zero-order chi connectivity index (χ0) is 18.3. The molecule has 1 aromatic carbocycles. The molecule has 1 heterocycles. The lowest BCUT2D eigenvalue weighted by Crippen LogP contribution is -2.32. The molecule has 0 aliphatic carbocycles. The number of hydrogen-bond acceptors (Lipinski definition) is 5. The second kappa shape index (κ2) is 10.7. The fourth-order valence-corrected chi connectivity index (χ4v) is 4.55. The van der Waals surface area contributed by atoms with Crippen molar-refractivity contribution < 1.29 is 17.9 Å². The molecule has 0 spiro atoms. The minimum absolute atomic E-state index is 0. The first kappa shape index (κ1) is 22.7. The van der Waals surface area contributed by atoms with Crippen molar-refractivity contribution in [3.63, 3.8) is 0 Å². The summed E-state index contributed by atoms with van der Waals surface area (Å²) in [5.41, 5.74) is 5.71. The van der Waals surface area contributed by atoms with E-state index in [4.69, 9.17) is 10.5 Å². The van der Waals surface area contributed by atoms with Crippen LogP contribution in [-0.4, -0.2) is 51.9 Å². The van der Waals surface area contributed by atoms with Crippen LogP contribution in [0.15, 0.2) is 23.1 Å². The Kier molecular flexibility index (Phi) is 9.35. The van der Waals surface area contributed by atoms with Gasteiger partial charge in [-0.1, -0.05) is 12.8 Å². The molecule has 1 aromatic rings. The molecule has 2 rings (SSSR count). The number of nitrogens with zero attached hydrogens (tertiary/aromatic N) is 1. The third-order valence-electron chi connectivity index (χ3n) is 4.28. The molecule has 1 aliphatic heterocycles. The standard InChI is InChI=1S/C17H27N3O4S.ClH/c1-24-15-8-7-14(17(21)19-10-6-9-18)13-16(15)25(22,23)20-11-4-2-3-5-12-20;/h7-8,13H,2-6,9-12,18H2,1H3,(H,19,21);1H. The molecular weight excluding hydrogens is 378 g/mol. The lowest BCUT2D eigenvalue weighted by atomic mass is 10.2. The first-order valence-electron chi connectivity index (χ1n) is 8.67. The first-order chi connectivity index (χ1) is 12.0. The number of ether oxygens (including phenoxy) is 1. The van der Waals surface area contributed by atoms with Gasteiger partial charge in [0.05, 0.1) is 7.11 Å². The zero-order valence-electron chi connectivity index (χ0n) is 15.1. The normalized spacial score (nSPS) is 15.6. The number of nitrogens with two attached hydrogens (primary N) is 1. The largest absolute Gasteiger partial charge is 0.495 e. The topological polar surface area (TPSA) is 102 Å². The van der Waals surface area contributed by atoms with E-state index in [2.05, 4.69) is 5.32 Å². The van der Waals surface area contributed by atoms with E-state index in [9.17, 15) is 13.2 Å². The van der Waals surface area contributed by atoms with E-state index in [0.717, 1.165) is 25.7 Å². The maximum absolute atomic E-state index is 13.1. The average molecular weight is 406 g/mol. The Labute approximate surface area is 161 Å². The summed E-state index contributed by atoms with van der Waals surface area (Å²) in [5, 5.41) is 2.74. The third-order valence-corrected chi connectivity index (χ3v) is 6.19. The highest BCUT2D eigenvalue weighted by molar-refractivity contribution is 7.89. The quantitative estimate of drug-likeness (QED) is 0.673. The van der Waals surface area contributed by atoms with Crippen LogP contribution in [0.5, 0.6) is 5.75 Å². The summed E-state index contributed by atoms with van der Waals surface area (Å²) in [5.74, 6) is -0.0637. The highest BCUT2D eigenvalue weighted by Gasteiger charge is 2.29. The van der Waals surface area contributed by atoms with Crippen LogP contribution in [0.4, 0.5) is 0 Å². The van der Waals surface area contributed by atoms with Crippen LogP contribution in [0.2, 0.25) is 0 Å². The average Bonchev–Trinajstić information content (AvgIpc) is 2.91. The lowest BCUT2D eigenvalue weighted by Gasteiger charge is -2.21. The fourth-order valence-electron chi connectivity index (χ4n) is 2.85. The molecule has 3 N–H and O–H groups in total. The van der Waals surface area contributed by atoms with Gasteiger partial charge in [-0.2, -0.15) is 4.31 Å². The van der Waals surface area contributed by atoms with E-state index in [0.29, 0.717) is 38.2 Å². The summed E-state index contributed by atoms with van der Waals surface area (Å²) in [7, 11) is -2.27. The van der Waals surface area contributed by atoms with Gasteiger partial charge in [0.1, 0.15) is 10.6 Å². The van der Waals surface area contributed by atoms with Gasteiger partial charge in [-0.15, -0.1) is 12.4 Å². The Morgan fingerprint density at radius 2 is 1.88 bits per heavy atom. The highest BCUT2D eigenvalue weighted by atomic mass is 35.5. The van der Waals surface area contributed by atoms with Crippen LogP contribution in [0.3, 0.4) is 0 Å². The highest BCUT2D eigenvalue weighted by Crippen LogP contribution is 2.29. The number of carbonyl (C=O) groups excluding carboxylic acids is 1. The Morgan fingerprint density at radius 1 is 1.23 bits per heavy atom. The molecule has 26 heavy (non-hydrogen) atoms. The van der Waals surface area contributed by atoms with Crippen molar-refractivity contribution in [3.05, 3.63) is 23.8 Å². The predicted molar refractivity (Wildman–Crippen MR) is 103 cm³/mol. The van der Waals surface area contributed by atoms with Crippen molar-refractivity contribution in [3.8, 4) is 5.75 Å². The molecule has 0 radical (unpaired) electrons. The van der Waals surface area contributed by atoms with E-state index in [1.165, 1.54) is 23.5 Å². The SMILES string of the molecule is COc1ccc(C(=O)NCCCN)cc1S(=O)(=O)N1CCCCCC1.Cl. The summed E-state index contributed by atoms with van der Waals surface area (Å²) < 4.78 is 32.8. The number of amides is 1. The maximum atomic E-state index is 13.1. The molecule has 0 bridgehead atoms. The molecule has 1 amide bonds. The molecule has 0 saturated carbocycles. The van der Waals surface area contributed by atoms with E-state index in [1.807, 2.05) is 0 Å². The Hall–Kier alpha value is -1.35. The Bertz CT molecular complexity index is 689. The minimum Gasteiger partial charge on any atom is -0.495 e. The van der Waals surface area contributed by atoms with Crippen molar-refractivity contribution in [1.29, 1.82) is 0 Å². The van der Waals surface area contributed by atoms with Crippen LogP contribution in [-0.2, 0) is 10.0 Å².